The molecule has 0 amide bonds. The van der Waals surface area contributed by atoms with Crippen molar-refractivity contribution in [3.8, 4) is 0 Å². The Balaban J connectivity index is 1.85. The lowest BCUT2D eigenvalue weighted by Crippen LogP contribution is -2.34. The van der Waals surface area contributed by atoms with E-state index in [-0.39, 0.29) is 0 Å². The maximum absolute atomic E-state index is 5.10. The Bertz CT molecular complexity index is 275. The van der Waals surface area contributed by atoms with Crippen LogP contribution >= 0.6 is 0 Å². The molecule has 15 heavy (non-hydrogen) atoms. The van der Waals surface area contributed by atoms with Gasteiger partial charge in [0.15, 0.2) is 0 Å². The molecule has 0 saturated heterocycles. The molecule has 1 aliphatic rings. The molecule has 2 rings (SSSR count). The van der Waals surface area contributed by atoms with E-state index in [1.54, 1.807) is 6.26 Å². The smallest absolute Gasteiger partial charge is 0.0950 e. The molecule has 0 aliphatic heterocycles. The molecule has 1 fully saturated rings. The largest absolute Gasteiger partial charge is 0.472 e. The van der Waals surface area contributed by atoms with Crippen LogP contribution in [0.15, 0.2) is 23.0 Å². The van der Waals surface area contributed by atoms with Gasteiger partial charge in [0, 0.05) is 17.6 Å². The highest BCUT2D eigenvalue weighted by Gasteiger charge is 2.22. The molecule has 84 valence electrons. The summed E-state index contributed by atoms with van der Waals surface area (Å²) < 4.78 is 5.10. The fourth-order valence-electron chi connectivity index (χ4n) is 2.61. The minimum absolute atomic E-state index is 0.402. The van der Waals surface area contributed by atoms with E-state index in [4.69, 9.17) is 4.42 Å². The van der Waals surface area contributed by atoms with Crippen molar-refractivity contribution in [2.24, 2.45) is 5.92 Å². The van der Waals surface area contributed by atoms with Crippen molar-refractivity contribution in [2.45, 2.75) is 51.6 Å². The molecule has 1 aromatic heterocycles. The molecule has 0 aromatic carbocycles. The maximum atomic E-state index is 5.10. The fourth-order valence-corrected chi connectivity index (χ4v) is 2.61. The predicted molar refractivity (Wildman–Crippen MR) is 61.7 cm³/mol. The highest BCUT2D eigenvalue weighted by Crippen LogP contribution is 2.28. The van der Waals surface area contributed by atoms with E-state index < -0.39 is 0 Å². The lowest BCUT2D eigenvalue weighted by Gasteiger charge is -2.24. The van der Waals surface area contributed by atoms with Gasteiger partial charge in [-0.25, -0.2) is 0 Å². The van der Waals surface area contributed by atoms with Crippen LogP contribution in [0.5, 0.6) is 0 Å². The molecule has 2 nitrogen and oxygen atoms in total. The lowest BCUT2D eigenvalue weighted by atomic mass is 9.98. The van der Waals surface area contributed by atoms with Crippen LogP contribution in [-0.2, 0) is 0 Å². The van der Waals surface area contributed by atoms with E-state index in [9.17, 15) is 0 Å². The molecule has 2 heteroatoms. The third-order valence-electron chi connectivity index (χ3n) is 3.66. The van der Waals surface area contributed by atoms with E-state index in [2.05, 4.69) is 19.2 Å². The zero-order valence-electron chi connectivity index (χ0n) is 9.70. The van der Waals surface area contributed by atoms with Crippen LogP contribution in [0.4, 0.5) is 0 Å². The third kappa shape index (κ3) is 2.63. The van der Waals surface area contributed by atoms with Gasteiger partial charge in [0.05, 0.1) is 12.5 Å². The van der Waals surface area contributed by atoms with E-state index >= 15 is 0 Å². The molecule has 1 N–H and O–H groups in total. The van der Waals surface area contributed by atoms with Gasteiger partial charge >= 0.3 is 0 Å². The van der Waals surface area contributed by atoms with Crippen LogP contribution in [0.25, 0.3) is 0 Å². The Morgan fingerprint density at radius 3 is 2.67 bits per heavy atom. The molecule has 1 aliphatic carbocycles. The van der Waals surface area contributed by atoms with Crippen molar-refractivity contribution in [1.29, 1.82) is 0 Å². The highest BCUT2D eigenvalue weighted by molar-refractivity contribution is 5.10. The third-order valence-corrected chi connectivity index (χ3v) is 3.66. The number of rotatable bonds is 4. The van der Waals surface area contributed by atoms with Gasteiger partial charge in [0.2, 0.25) is 0 Å². The summed E-state index contributed by atoms with van der Waals surface area (Å²) in [6.45, 7) is 4.52. The Kier molecular flexibility index (Phi) is 3.47. The average Bonchev–Trinajstić information content (AvgIpc) is 2.91. The van der Waals surface area contributed by atoms with E-state index in [0.29, 0.717) is 12.1 Å². The molecule has 1 unspecified atom stereocenters. The molecule has 1 aromatic rings. The molecule has 1 saturated carbocycles. The molecule has 0 spiro atoms. The molecular formula is C13H21NO. The first-order valence-electron chi connectivity index (χ1n) is 6.05. The molecule has 0 bridgehead atoms. The van der Waals surface area contributed by atoms with Crippen LogP contribution in [0.2, 0.25) is 0 Å². The lowest BCUT2D eigenvalue weighted by molar-refractivity contribution is 0.351. The molecule has 2 atom stereocenters. The van der Waals surface area contributed by atoms with Crippen molar-refractivity contribution in [2.75, 3.05) is 0 Å². The van der Waals surface area contributed by atoms with Gasteiger partial charge in [0.25, 0.3) is 0 Å². The Hall–Kier alpha value is -0.760. The summed E-state index contributed by atoms with van der Waals surface area (Å²) in [4.78, 5) is 0. The van der Waals surface area contributed by atoms with Crippen LogP contribution < -0.4 is 5.32 Å². The monoisotopic (exact) mass is 207 g/mol. The van der Waals surface area contributed by atoms with Crippen molar-refractivity contribution in [3.63, 3.8) is 0 Å². The second kappa shape index (κ2) is 4.84. The van der Waals surface area contributed by atoms with Crippen LogP contribution in [0, 0.1) is 5.92 Å². The van der Waals surface area contributed by atoms with Crippen LogP contribution in [0.3, 0.4) is 0 Å². The van der Waals surface area contributed by atoms with Gasteiger partial charge in [-0.15, -0.1) is 0 Å². The summed E-state index contributed by atoms with van der Waals surface area (Å²) in [6.07, 6.45) is 9.19. The van der Waals surface area contributed by atoms with Crippen molar-refractivity contribution >= 4 is 0 Å². The minimum Gasteiger partial charge on any atom is -0.472 e. The summed E-state index contributed by atoms with van der Waals surface area (Å²) in [5, 5.41) is 3.66. The van der Waals surface area contributed by atoms with Crippen LogP contribution in [0.1, 0.15) is 51.1 Å². The summed E-state index contributed by atoms with van der Waals surface area (Å²) in [6, 6.07) is 3.07. The number of hydrogen-bond acceptors (Lipinski definition) is 2. The van der Waals surface area contributed by atoms with Crippen molar-refractivity contribution in [1.82, 2.24) is 5.32 Å². The Morgan fingerprint density at radius 2 is 2.07 bits per heavy atom. The SMILES string of the molecule is CC(N[C@H](C)C1CCCC1)c1ccoc1. The number of furan rings is 1. The highest BCUT2D eigenvalue weighted by atomic mass is 16.3. The van der Waals surface area contributed by atoms with Crippen molar-refractivity contribution in [3.05, 3.63) is 24.2 Å². The first kappa shape index (κ1) is 10.7. The minimum atomic E-state index is 0.402. The first-order chi connectivity index (χ1) is 7.27. The van der Waals surface area contributed by atoms with E-state index in [1.807, 2.05) is 12.3 Å². The van der Waals surface area contributed by atoms with Gasteiger partial charge in [-0.05, 0) is 38.7 Å². The molecule has 0 radical (unpaired) electrons. The van der Waals surface area contributed by atoms with Gasteiger partial charge in [-0.3, -0.25) is 0 Å². The average molecular weight is 207 g/mol. The zero-order chi connectivity index (χ0) is 10.7. The fraction of sp³-hybridized carbons (Fsp3) is 0.692. The summed E-state index contributed by atoms with van der Waals surface area (Å²) in [7, 11) is 0. The normalized spacial score (nSPS) is 21.7. The van der Waals surface area contributed by atoms with Gasteiger partial charge < -0.3 is 9.73 Å². The van der Waals surface area contributed by atoms with Gasteiger partial charge in [0.1, 0.15) is 0 Å². The molecular weight excluding hydrogens is 186 g/mol. The predicted octanol–water partition coefficient (Wildman–Crippen LogP) is 3.51. The second-order valence-corrected chi connectivity index (χ2v) is 4.78. The maximum Gasteiger partial charge on any atom is 0.0950 e. The molecule has 1 heterocycles. The summed E-state index contributed by atoms with van der Waals surface area (Å²) >= 11 is 0. The topological polar surface area (TPSA) is 25.2 Å². The Labute approximate surface area is 92.1 Å². The van der Waals surface area contributed by atoms with Gasteiger partial charge in [-0.2, -0.15) is 0 Å². The van der Waals surface area contributed by atoms with Gasteiger partial charge in [-0.1, -0.05) is 12.8 Å². The van der Waals surface area contributed by atoms with E-state index in [0.717, 1.165) is 5.92 Å². The zero-order valence-corrected chi connectivity index (χ0v) is 9.70. The number of hydrogen-bond donors (Lipinski definition) is 1. The second-order valence-electron chi connectivity index (χ2n) is 4.78. The van der Waals surface area contributed by atoms with Crippen molar-refractivity contribution < 1.29 is 4.42 Å². The number of nitrogens with one attached hydrogen (secondary N) is 1. The van der Waals surface area contributed by atoms with E-state index in [1.165, 1.54) is 31.2 Å². The summed E-state index contributed by atoms with van der Waals surface area (Å²) in [5.41, 5.74) is 1.25. The standard InChI is InChI=1S/C13H21NO/c1-10(12-5-3-4-6-12)14-11(2)13-7-8-15-9-13/h7-12,14H,3-6H2,1-2H3/t10-,11?/m1/s1. The quantitative estimate of drug-likeness (QED) is 0.817. The van der Waals surface area contributed by atoms with Crippen LogP contribution in [-0.4, -0.2) is 6.04 Å². The Morgan fingerprint density at radius 1 is 1.33 bits per heavy atom. The summed E-state index contributed by atoms with van der Waals surface area (Å²) in [5.74, 6) is 0.874. The first-order valence-corrected chi connectivity index (χ1v) is 6.05.